The highest BCUT2D eigenvalue weighted by Crippen LogP contribution is 2.34. The molecule has 1 unspecified atom stereocenters. The lowest BCUT2D eigenvalue weighted by Gasteiger charge is -2.25. The molecule has 0 aliphatic carbocycles. The van der Waals surface area contributed by atoms with Gasteiger partial charge < -0.3 is 14.8 Å². The number of halogens is 1. The van der Waals surface area contributed by atoms with Crippen molar-refractivity contribution in [1.82, 2.24) is 5.32 Å². The molecule has 0 saturated carbocycles. The molecule has 136 valence electrons. The van der Waals surface area contributed by atoms with Gasteiger partial charge in [-0.05, 0) is 35.8 Å². The van der Waals surface area contributed by atoms with Crippen molar-refractivity contribution in [2.45, 2.75) is 19.9 Å². The highest BCUT2D eigenvalue weighted by molar-refractivity contribution is 5.92. The Hall–Kier alpha value is -2.82. The lowest BCUT2D eigenvalue weighted by atomic mass is 9.95. The molecular weight excluding hydrogens is 333 g/mol. The lowest BCUT2D eigenvalue weighted by Crippen LogP contribution is -2.30. The Kier molecular flexibility index (Phi) is 5.56. The van der Waals surface area contributed by atoms with E-state index in [1.54, 1.807) is 18.2 Å². The molecule has 0 bridgehead atoms. The molecule has 1 N–H and O–H groups in total. The average molecular weight is 355 g/mol. The second-order valence-electron chi connectivity index (χ2n) is 6.49. The summed E-state index contributed by atoms with van der Waals surface area (Å²) in [6.07, 6.45) is 2.83. The van der Waals surface area contributed by atoms with Crippen LogP contribution in [0.1, 0.15) is 31.0 Å². The van der Waals surface area contributed by atoms with Crippen molar-refractivity contribution in [2.75, 3.05) is 13.2 Å². The van der Waals surface area contributed by atoms with Crippen molar-refractivity contribution in [3.8, 4) is 11.5 Å². The van der Waals surface area contributed by atoms with Crippen LogP contribution in [0.5, 0.6) is 11.5 Å². The maximum absolute atomic E-state index is 13.6. The smallest absolute Gasteiger partial charge is 0.244 e. The number of ether oxygens (including phenoxy) is 2. The number of nitrogens with one attached hydrogen (secondary N) is 1. The van der Waals surface area contributed by atoms with Gasteiger partial charge in [0, 0.05) is 11.6 Å². The molecule has 5 heteroatoms. The molecule has 2 aromatic rings. The van der Waals surface area contributed by atoms with Gasteiger partial charge in [0.25, 0.3) is 0 Å². The van der Waals surface area contributed by atoms with E-state index in [0.717, 1.165) is 5.56 Å². The van der Waals surface area contributed by atoms with Crippen LogP contribution in [0.15, 0.2) is 48.5 Å². The predicted octanol–water partition coefficient (Wildman–Crippen LogP) is 4.12. The highest BCUT2D eigenvalue weighted by atomic mass is 19.1. The number of fused-ring (bicyclic) bond motifs is 1. The fraction of sp³-hybridized carbons (Fsp3) is 0.286. The van der Waals surface area contributed by atoms with Crippen molar-refractivity contribution in [3.05, 3.63) is 65.5 Å². The molecule has 1 aliphatic rings. The lowest BCUT2D eigenvalue weighted by molar-refractivity contribution is -0.117. The molecule has 4 nitrogen and oxygen atoms in total. The van der Waals surface area contributed by atoms with Crippen LogP contribution in [0.4, 0.5) is 4.39 Å². The van der Waals surface area contributed by atoms with Gasteiger partial charge in [-0.25, -0.2) is 4.39 Å². The summed E-state index contributed by atoms with van der Waals surface area (Å²) in [5.41, 5.74) is 1.32. The summed E-state index contributed by atoms with van der Waals surface area (Å²) in [6.45, 7) is 5.11. The van der Waals surface area contributed by atoms with E-state index in [0.29, 0.717) is 30.3 Å². The number of carbonyl (C=O) groups excluding carboxylic acids is 1. The van der Waals surface area contributed by atoms with Crippen molar-refractivity contribution in [1.29, 1.82) is 0 Å². The Labute approximate surface area is 152 Å². The standard InChI is InChI=1S/C21H22FNO3/c1-14(2)21(16-7-9-18-19(13-16)26-12-11-25-18)23-20(24)10-8-15-5-3-4-6-17(15)22/h3-10,13-14,21H,11-12H2,1-2H3,(H,23,24)/b10-8+. The van der Waals surface area contributed by atoms with E-state index in [2.05, 4.69) is 5.32 Å². The van der Waals surface area contributed by atoms with Gasteiger partial charge in [0.2, 0.25) is 5.91 Å². The summed E-state index contributed by atoms with van der Waals surface area (Å²) in [7, 11) is 0. The van der Waals surface area contributed by atoms with Gasteiger partial charge in [-0.1, -0.05) is 38.1 Å². The Morgan fingerprint density at radius 2 is 1.85 bits per heavy atom. The van der Waals surface area contributed by atoms with E-state index in [9.17, 15) is 9.18 Å². The third-order valence-corrected chi connectivity index (χ3v) is 4.21. The Morgan fingerprint density at radius 3 is 2.58 bits per heavy atom. The fourth-order valence-electron chi connectivity index (χ4n) is 2.87. The summed E-state index contributed by atoms with van der Waals surface area (Å²) in [4.78, 5) is 12.3. The summed E-state index contributed by atoms with van der Waals surface area (Å²) < 4.78 is 24.8. The zero-order valence-corrected chi connectivity index (χ0v) is 14.9. The van der Waals surface area contributed by atoms with Gasteiger partial charge in [0.15, 0.2) is 11.5 Å². The minimum absolute atomic E-state index is 0.170. The topological polar surface area (TPSA) is 47.6 Å². The first-order valence-electron chi connectivity index (χ1n) is 8.67. The first-order chi connectivity index (χ1) is 12.5. The molecule has 1 atom stereocenters. The third-order valence-electron chi connectivity index (χ3n) is 4.21. The Bertz CT molecular complexity index is 817. The van der Waals surface area contributed by atoms with Crippen LogP contribution in [0.25, 0.3) is 6.08 Å². The van der Waals surface area contributed by atoms with Crippen molar-refractivity contribution in [3.63, 3.8) is 0 Å². The third kappa shape index (κ3) is 4.23. The van der Waals surface area contributed by atoms with Crippen molar-refractivity contribution < 1.29 is 18.7 Å². The molecule has 26 heavy (non-hydrogen) atoms. The molecular formula is C21H22FNO3. The largest absolute Gasteiger partial charge is 0.486 e. The maximum Gasteiger partial charge on any atom is 0.244 e. The second-order valence-corrected chi connectivity index (χ2v) is 6.49. The highest BCUT2D eigenvalue weighted by Gasteiger charge is 2.20. The van der Waals surface area contributed by atoms with Gasteiger partial charge in [-0.2, -0.15) is 0 Å². The minimum Gasteiger partial charge on any atom is -0.486 e. The van der Waals surface area contributed by atoms with Crippen LogP contribution < -0.4 is 14.8 Å². The number of carbonyl (C=O) groups is 1. The molecule has 0 radical (unpaired) electrons. The van der Waals surface area contributed by atoms with Crippen molar-refractivity contribution >= 4 is 12.0 Å². The van der Waals surface area contributed by atoms with E-state index in [1.807, 2.05) is 32.0 Å². The monoisotopic (exact) mass is 355 g/mol. The number of benzene rings is 2. The van der Waals surface area contributed by atoms with E-state index in [1.165, 1.54) is 18.2 Å². The predicted molar refractivity (Wildman–Crippen MR) is 98.6 cm³/mol. The minimum atomic E-state index is -0.358. The SMILES string of the molecule is CC(C)C(NC(=O)/C=C/c1ccccc1F)c1ccc2c(c1)OCCO2. The van der Waals surface area contributed by atoms with Crippen LogP contribution >= 0.6 is 0 Å². The van der Waals surface area contributed by atoms with Gasteiger partial charge in [0.05, 0.1) is 6.04 Å². The molecule has 2 aromatic carbocycles. The summed E-state index contributed by atoms with van der Waals surface area (Å²) in [6, 6.07) is 11.8. The van der Waals surface area contributed by atoms with E-state index in [-0.39, 0.29) is 23.7 Å². The van der Waals surface area contributed by atoms with Gasteiger partial charge >= 0.3 is 0 Å². The van der Waals surface area contributed by atoms with Crippen LogP contribution in [-0.2, 0) is 4.79 Å². The number of hydrogen-bond donors (Lipinski definition) is 1. The molecule has 1 amide bonds. The fourth-order valence-corrected chi connectivity index (χ4v) is 2.87. The molecule has 1 heterocycles. The summed E-state index contributed by atoms with van der Waals surface area (Å²) >= 11 is 0. The average Bonchev–Trinajstić information content (AvgIpc) is 2.65. The number of hydrogen-bond acceptors (Lipinski definition) is 3. The van der Waals surface area contributed by atoms with Gasteiger partial charge in [-0.3, -0.25) is 4.79 Å². The van der Waals surface area contributed by atoms with Crippen molar-refractivity contribution in [2.24, 2.45) is 5.92 Å². The van der Waals surface area contributed by atoms with Crippen LogP contribution in [-0.4, -0.2) is 19.1 Å². The quantitative estimate of drug-likeness (QED) is 0.821. The molecule has 0 aromatic heterocycles. The normalized spacial score (nSPS) is 14.5. The van der Waals surface area contributed by atoms with Gasteiger partial charge in [-0.15, -0.1) is 0 Å². The first-order valence-corrected chi connectivity index (χ1v) is 8.67. The summed E-state index contributed by atoms with van der Waals surface area (Å²) in [5.74, 6) is 0.942. The number of amides is 1. The van der Waals surface area contributed by atoms with Crippen LogP contribution in [0.3, 0.4) is 0 Å². The molecule has 3 rings (SSSR count). The molecule has 0 saturated heterocycles. The zero-order valence-electron chi connectivity index (χ0n) is 14.9. The van der Waals surface area contributed by atoms with Crippen LogP contribution in [0, 0.1) is 11.7 Å². The van der Waals surface area contributed by atoms with Crippen LogP contribution in [0.2, 0.25) is 0 Å². The Balaban J connectivity index is 1.74. The maximum atomic E-state index is 13.6. The second kappa shape index (κ2) is 8.04. The van der Waals surface area contributed by atoms with E-state index in [4.69, 9.17) is 9.47 Å². The van der Waals surface area contributed by atoms with E-state index >= 15 is 0 Å². The molecule has 1 aliphatic heterocycles. The van der Waals surface area contributed by atoms with Gasteiger partial charge in [0.1, 0.15) is 19.0 Å². The molecule has 0 spiro atoms. The zero-order chi connectivity index (χ0) is 18.5. The summed E-state index contributed by atoms with van der Waals surface area (Å²) in [5, 5.41) is 2.98. The van der Waals surface area contributed by atoms with E-state index < -0.39 is 0 Å². The first kappa shape index (κ1) is 18.0. The Morgan fingerprint density at radius 1 is 1.12 bits per heavy atom. The number of rotatable bonds is 5. The molecule has 0 fully saturated rings.